The minimum Gasteiger partial charge on any atom is -0.378 e. The number of hydrogen-bond donors (Lipinski definition) is 1. The molecule has 0 saturated carbocycles. The third kappa shape index (κ3) is 2.43. The largest absolute Gasteiger partial charge is 0.378 e. The number of nitrogens with one attached hydrogen (secondary N) is 1. The van der Waals surface area contributed by atoms with Crippen LogP contribution in [0.5, 0.6) is 0 Å². The molecule has 7 heteroatoms. The molecule has 1 atom stereocenters. The Hall–Kier alpha value is -2.41. The van der Waals surface area contributed by atoms with Crippen LogP contribution in [0.1, 0.15) is 18.7 Å². The van der Waals surface area contributed by atoms with E-state index in [-0.39, 0.29) is 6.10 Å². The molecule has 7 nitrogen and oxygen atoms in total. The number of rotatable bonds is 4. The summed E-state index contributed by atoms with van der Waals surface area (Å²) in [4.78, 5) is 4.43. The van der Waals surface area contributed by atoms with Crippen LogP contribution in [0.3, 0.4) is 0 Å². The van der Waals surface area contributed by atoms with Gasteiger partial charge in [-0.25, -0.2) is 0 Å². The van der Waals surface area contributed by atoms with Crippen LogP contribution in [0, 0.1) is 0 Å². The molecule has 4 heterocycles. The summed E-state index contributed by atoms with van der Waals surface area (Å²) >= 11 is 0. The van der Waals surface area contributed by atoms with Crippen molar-refractivity contribution in [3.8, 4) is 23.0 Å². The second-order valence-corrected chi connectivity index (χ2v) is 5.53. The van der Waals surface area contributed by atoms with E-state index in [1.54, 1.807) is 0 Å². The molecule has 1 aliphatic heterocycles. The summed E-state index contributed by atoms with van der Waals surface area (Å²) in [5.41, 5.74) is 2.60. The van der Waals surface area contributed by atoms with Gasteiger partial charge in [0.25, 0.3) is 5.89 Å². The van der Waals surface area contributed by atoms with Crippen molar-refractivity contribution in [1.29, 1.82) is 0 Å². The van der Waals surface area contributed by atoms with Crippen LogP contribution in [-0.4, -0.2) is 37.6 Å². The van der Waals surface area contributed by atoms with Gasteiger partial charge in [-0.15, -0.1) is 0 Å². The normalized spacial score (nSPS) is 18.1. The van der Waals surface area contributed by atoms with Gasteiger partial charge in [0.1, 0.15) is 11.4 Å². The molecule has 1 saturated heterocycles. The van der Waals surface area contributed by atoms with Crippen LogP contribution in [0.2, 0.25) is 0 Å². The fourth-order valence-corrected chi connectivity index (χ4v) is 2.74. The molecule has 3 aromatic heterocycles. The van der Waals surface area contributed by atoms with Crippen molar-refractivity contribution < 1.29 is 9.26 Å². The first-order valence-electron chi connectivity index (χ1n) is 7.41. The fraction of sp³-hybridized carbons (Fsp3) is 0.400. The molecular weight excluding hydrogens is 282 g/mol. The van der Waals surface area contributed by atoms with Crippen molar-refractivity contribution in [1.82, 2.24) is 24.9 Å². The van der Waals surface area contributed by atoms with E-state index in [1.807, 2.05) is 36.0 Å². The van der Waals surface area contributed by atoms with Gasteiger partial charge in [0.05, 0.1) is 11.8 Å². The number of H-pyrrole nitrogens is 1. The van der Waals surface area contributed by atoms with Crippen LogP contribution in [-0.2, 0) is 18.2 Å². The predicted octanol–water partition coefficient (Wildman–Crippen LogP) is 2.19. The van der Waals surface area contributed by atoms with Crippen LogP contribution in [0.25, 0.3) is 23.0 Å². The van der Waals surface area contributed by atoms with Gasteiger partial charge in [-0.3, -0.25) is 5.10 Å². The summed E-state index contributed by atoms with van der Waals surface area (Å²) in [6.45, 7) is 0.829. The first kappa shape index (κ1) is 13.3. The standard InChI is InChI=1S/C15H17N5O2/c1-20-6-2-5-13(20)11-9-12(18-17-11)15-16-14(19-22-15)8-10-4-3-7-21-10/h2,5-6,9-10H,3-4,7-8H2,1H3,(H,17,18)/t10-/m0/s1. The lowest BCUT2D eigenvalue weighted by Gasteiger charge is -2.03. The quantitative estimate of drug-likeness (QED) is 0.798. The summed E-state index contributed by atoms with van der Waals surface area (Å²) in [6.07, 6.45) is 5.06. The maximum absolute atomic E-state index is 5.59. The van der Waals surface area contributed by atoms with E-state index in [0.29, 0.717) is 18.1 Å². The number of ether oxygens (including phenoxy) is 1. The van der Waals surface area contributed by atoms with Gasteiger partial charge in [-0.05, 0) is 31.0 Å². The lowest BCUT2D eigenvalue weighted by Crippen LogP contribution is -2.09. The first-order chi connectivity index (χ1) is 10.8. The number of aromatic amines is 1. The van der Waals surface area contributed by atoms with E-state index in [4.69, 9.17) is 9.26 Å². The smallest absolute Gasteiger partial charge is 0.275 e. The summed E-state index contributed by atoms with van der Waals surface area (Å²) in [5, 5.41) is 11.3. The van der Waals surface area contributed by atoms with Crippen LogP contribution < -0.4 is 0 Å². The third-order valence-corrected chi connectivity index (χ3v) is 3.92. The van der Waals surface area contributed by atoms with Crippen LogP contribution in [0.15, 0.2) is 28.9 Å². The van der Waals surface area contributed by atoms with E-state index in [9.17, 15) is 0 Å². The summed E-state index contributed by atoms with van der Waals surface area (Å²) in [5.74, 6) is 1.14. The van der Waals surface area contributed by atoms with E-state index in [1.165, 1.54) is 0 Å². The molecule has 1 N–H and O–H groups in total. The maximum Gasteiger partial charge on any atom is 0.275 e. The van der Waals surface area contributed by atoms with Gasteiger partial charge in [-0.1, -0.05) is 5.16 Å². The number of hydrogen-bond acceptors (Lipinski definition) is 5. The monoisotopic (exact) mass is 299 g/mol. The molecule has 114 valence electrons. The highest BCUT2D eigenvalue weighted by molar-refractivity contribution is 5.61. The van der Waals surface area contributed by atoms with Crippen molar-refractivity contribution in [2.75, 3.05) is 6.61 Å². The lowest BCUT2D eigenvalue weighted by molar-refractivity contribution is 0.109. The highest BCUT2D eigenvalue weighted by atomic mass is 16.5. The van der Waals surface area contributed by atoms with Crippen LogP contribution in [0.4, 0.5) is 0 Å². The van der Waals surface area contributed by atoms with Gasteiger partial charge in [0.2, 0.25) is 0 Å². The van der Waals surface area contributed by atoms with Gasteiger partial charge in [-0.2, -0.15) is 10.1 Å². The number of aryl methyl sites for hydroxylation is 1. The minimum atomic E-state index is 0.214. The molecule has 0 radical (unpaired) electrons. The molecule has 0 spiro atoms. The second-order valence-electron chi connectivity index (χ2n) is 5.53. The number of nitrogens with zero attached hydrogens (tertiary/aromatic N) is 4. The molecule has 22 heavy (non-hydrogen) atoms. The zero-order valence-electron chi connectivity index (χ0n) is 12.3. The van der Waals surface area contributed by atoms with E-state index >= 15 is 0 Å². The fourth-order valence-electron chi connectivity index (χ4n) is 2.74. The molecule has 3 aromatic rings. The average molecular weight is 299 g/mol. The Kier molecular flexibility index (Phi) is 3.27. The topological polar surface area (TPSA) is 81.8 Å². The zero-order valence-corrected chi connectivity index (χ0v) is 12.3. The molecule has 0 amide bonds. The van der Waals surface area contributed by atoms with Gasteiger partial charge in [0, 0.05) is 26.3 Å². The highest BCUT2D eigenvalue weighted by Crippen LogP contribution is 2.23. The molecule has 4 rings (SSSR count). The Morgan fingerprint density at radius 3 is 3.18 bits per heavy atom. The van der Waals surface area contributed by atoms with Gasteiger partial charge < -0.3 is 13.8 Å². The summed E-state index contributed by atoms with van der Waals surface area (Å²) in [7, 11) is 1.98. The Bertz CT molecular complexity index is 766. The van der Waals surface area contributed by atoms with Crippen LogP contribution >= 0.6 is 0 Å². The molecule has 0 unspecified atom stereocenters. The molecule has 1 fully saturated rings. The molecule has 0 bridgehead atoms. The van der Waals surface area contributed by atoms with E-state index in [2.05, 4.69) is 20.3 Å². The minimum absolute atomic E-state index is 0.214. The Morgan fingerprint density at radius 1 is 1.45 bits per heavy atom. The lowest BCUT2D eigenvalue weighted by atomic mass is 10.2. The van der Waals surface area contributed by atoms with Crippen molar-refractivity contribution in [3.05, 3.63) is 30.2 Å². The zero-order chi connectivity index (χ0) is 14.9. The average Bonchev–Trinajstić information content (AvgIpc) is 3.25. The SMILES string of the molecule is Cn1cccc1-c1cc(-c2nc(C[C@@H]3CCCO3)no2)[nH]n1. The molecule has 1 aliphatic rings. The maximum atomic E-state index is 5.59. The van der Waals surface area contributed by atoms with E-state index < -0.39 is 0 Å². The summed E-state index contributed by atoms with van der Waals surface area (Å²) in [6, 6.07) is 5.91. The number of aromatic nitrogens is 5. The Balaban J connectivity index is 1.54. The molecular formula is C15H17N5O2. The Labute approximate surface area is 127 Å². The van der Waals surface area contributed by atoms with Gasteiger partial charge >= 0.3 is 0 Å². The van der Waals surface area contributed by atoms with Gasteiger partial charge in [0.15, 0.2) is 5.82 Å². The van der Waals surface area contributed by atoms with Crippen molar-refractivity contribution in [2.45, 2.75) is 25.4 Å². The molecule has 0 aliphatic carbocycles. The Morgan fingerprint density at radius 2 is 2.41 bits per heavy atom. The second kappa shape index (κ2) is 5.42. The van der Waals surface area contributed by atoms with Crippen molar-refractivity contribution >= 4 is 0 Å². The molecule has 0 aromatic carbocycles. The van der Waals surface area contributed by atoms with E-state index in [0.717, 1.165) is 36.5 Å². The van der Waals surface area contributed by atoms with Crippen molar-refractivity contribution in [3.63, 3.8) is 0 Å². The summed E-state index contributed by atoms with van der Waals surface area (Å²) < 4.78 is 12.9. The first-order valence-corrected chi connectivity index (χ1v) is 7.41. The van der Waals surface area contributed by atoms with Crippen molar-refractivity contribution in [2.24, 2.45) is 7.05 Å². The highest BCUT2D eigenvalue weighted by Gasteiger charge is 2.20. The third-order valence-electron chi connectivity index (χ3n) is 3.92. The predicted molar refractivity (Wildman–Crippen MR) is 79.0 cm³/mol.